The first-order chi connectivity index (χ1) is 11.5. The van der Waals surface area contributed by atoms with Gasteiger partial charge in [0.15, 0.2) is 0 Å². The van der Waals surface area contributed by atoms with Crippen molar-refractivity contribution in [3.63, 3.8) is 0 Å². The summed E-state index contributed by atoms with van der Waals surface area (Å²) in [6.07, 6.45) is 0. The van der Waals surface area contributed by atoms with Crippen LogP contribution in [0, 0.1) is 31.1 Å². The molecular weight excluding hydrogens is 615 g/mol. The van der Waals surface area contributed by atoms with Crippen LogP contribution in [-0.2, 0) is 0 Å². The smallest absolute Gasteiger partial charge is 0.214 e. The van der Waals surface area contributed by atoms with Gasteiger partial charge in [0.25, 0.3) is 0 Å². The Morgan fingerprint density at radius 2 is 0.778 bits per heavy atom. The maximum atomic E-state index is 2.44. The zero-order valence-electron chi connectivity index (χ0n) is 20.0. The molecule has 0 saturated carbocycles. The Labute approximate surface area is 197 Å². The van der Waals surface area contributed by atoms with Crippen LogP contribution in [0.4, 0.5) is 0 Å². The summed E-state index contributed by atoms with van der Waals surface area (Å²) < 4.78 is 0. The van der Waals surface area contributed by atoms with E-state index in [4.69, 9.17) is 0 Å². The molecule has 0 aliphatic rings. The Balaban J connectivity index is 0.000000483. The van der Waals surface area contributed by atoms with Gasteiger partial charge in [0.05, 0.1) is 16.1 Å². The molecule has 150 valence electrons. The van der Waals surface area contributed by atoms with Gasteiger partial charge in [-0.1, -0.05) is 78.6 Å². The number of hydrogen-bond acceptors (Lipinski definition) is 0. The molecule has 0 saturated heterocycles. The average Bonchev–Trinajstić information content (AvgIpc) is 3.06. The van der Waals surface area contributed by atoms with E-state index in [1.807, 2.05) is 0 Å². The summed E-state index contributed by atoms with van der Waals surface area (Å²) in [5, 5.41) is 6.75. The van der Waals surface area contributed by atoms with E-state index in [2.05, 4.69) is 115 Å². The van der Waals surface area contributed by atoms with Gasteiger partial charge in [-0.2, -0.15) is 32.9 Å². The summed E-state index contributed by atoms with van der Waals surface area (Å²) in [4.78, 5) is 0. The summed E-state index contributed by atoms with van der Waals surface area (Å²) in [6.45, 7) is 29.2. The van der Waals surface area contributed by atoms with Crippen molar-refractivity contribution in [1.82, 2.24) is 0 Å². The van der Waals surface area contributed by atoms with Gasteiger partial charge in [0, 0.05) is 16.1 Å². The molecule has 0 aliphatic carbocycles. The fourth-order valence-electron chi connectivity index (χ4n) is 3.46. The van der Waals surface area contributed by atoms with Crippen molar-refractivity contribution >= 4 is 53.0 Å². The van der Waals surface area contributed by atoms with Gasteiger partial charge in [-0.15, -0.1) is 0 Å². The molecule has 2 aromatic carbocycles. The van der Waals surface area contributed by atoms with E-state index < -0.39 is 32.3 Å². The standard InChI is InChI=1S/2C11H21Si2.U/c2*1-12(2,3)10-8-7-9-11(10)13(4,5)6;/h2*7-9H,1-6H3;/q2*-1;+2. The molecule has 0 N–H and O–H groups in total. The second-order valence-corrected chi connectivity index (χ2v) is 31.9. The Hall–Kier alpha value is 0.619. The minimum absolute atomic E-state index is 0. The van der Waals surface area contributed by atoms with Gasteiger partial charge in [-0.25, -0.2) is 24.3 Å². The average molecular weight is 657 g/mol. The van der Waals surface area contributed by atoms with Gasteiger partial charge < -0.3 is 0 Å². The van der Waals surface area contributed by atoms with Crippen molar-refractivity contribution in [3.8, 4) is 0 Å². The topological polar surface area (TPSA) is 0 Å². The van der Waals surface area contributed by atoms with Gasteiger partial charge in [0.1, 0.15) is 0 Å². The van der Waals surface area contributed by atoms with Crippen LogP contribution in [-0.4, -0.2) is 32.3 Å². The van der Waals surface area contributed by atoms with Crippen LogP contribution < -0.4 is 20.7 Å². The predicted octanol–water partition coefficient (Wildman–Crippen LogP) is 4.99. The first-order valence-electron chi connectivity index (χ1n) is 9.99. The predicted molar refractivity (Wildman–Crippen MR) is 136 cm³/mol. The van der Waals surface area contributed by atoms with Crippen LogP contribution in [0.1, 0.15) is 0 Å². The minimum Gasteiger partial charge on any atom is -0.214 e. The second-order valence-electron chi connectivity index (χ2n) is 11.7. The van der Waals surface area contributed by atoms with Gasteiger partial charge >= 0.3 is 31.1 Å². The van der Waals surface area contributed by atoms with E-state index in [1.54, 1.807) is 20.7 Å². The Kier molecular flexibility index (Phi) is 9.84. The molecule has 2 rings (SSSR count). The third kappa shape index (κ3) is 8.10. The fraction of sp³-hybridized carbons (Fsp3) is 0.545. The normalized spacial score (nSPS) is 12.9. The molecule has 2 aromatic rings. The zero-order valence-corrected chi connectivity index (χ0v) is 28.1. The van der Waals surface area contributed by atoms with E-state index in [1.165, 1.54) is 0 Å². The maximum absolute atomic E-state index is 2.44. The van der Waals surface area contributed by atoms with Crippen molar-refractivity contribution in [2.75, 3.05) is 0 Å². The Bertz CT molecular complexity index is 579. The van der Waals surface area contributed by atoms with Crippen LogP contribution in [0.15, 0.2) is 36.4 Å². The van der Waals surface area contributed by atoms with Crippen LogP contribution in [0.2, 0.25) is 78.6 Å². The molecule has 0 spiro atoms. The van der Waals surface area contributed by atoms with Crippen LogP contribution in [0.5, 0.6) is 0 Å². The molecule has 5 heteroatoms. The summed E-state index contributed by atoms with van der Waals surface area (Å²) >= 11 is 0. The quantitative estimate of drug-likeness (QED) is 0.322. The second kappa shape index (κ2) is 9.62. The van der Waals surface area contributed by atoms with Crippen molar-refractivity contribution in [2.45, 2.75) is 78.6 Å². The molecule has 0 aliphatic heterocycles. The Morgan fingerprint density at radius 3 is 0.926 bits per heavy atom. The van der Waals surface area contributed by atoms with Crippen molar-refractivity contribution in [1.29, 1.82) is 0 Å². The molecule has 0 unspecified atom stereocenters. The molecule has 0 heterocycles. The van der Waals surface area contributed by atoms with Crippen molar-refractivity contribution in [2.24, 2.45) is 0 Å². The van der Waals surface area contributed by atoms with Crippen LogP contribution >= 0.6 is 0 Å². The summed E-state index contributed by atoms with van der Waals surface area (Å²) in [5.74, 6) is 0. The van der Waals surface area contributed by atoms with Crippen LogP contribution in [0.3, 0.4) is 0 Å². The van der Waals surface area contributed by atoms with E-state index in [0.717, 1.165) is 0 Å². The molecule has 27 heavy (non-hydrogen) atoms. The molecule has 0 radical (unpaired) electrons. The van der Waals surface area contributed by atoms with Gasteiger partial charge in [-0.3, -0.25) is 0 Å². The van der Waals surface area contributed by atoms with E-state index >= 15 is 0 Å². The molecule has 0 bridgehead atoms. The molecule has 0 atom stereocenters. The monoisotopic (exact) mass is 656 g/mol. The number of rotatable bonds is 4. The molecular formula is C22H42Si4U. The largest absolute Gasteiger partial charge is 2.00 e. The minimum atomic E-state index is -1.10. The van der Waals surface area contributed by atoms with E-state index in [9.17, 15) is 0 Å². The third-order valence-corrected chi connectivity index (χ3v) is 13.6. The third-order valence-electron chi connectivity index (χ3n) is 4.86. The van der Waals surface area contributed by atoms with Crippen LogP contribution in [0.25, 0.3) is 0 Å². The summed E-state index contributed by atoms with van der Waals surface area (Å²) in [6, 6.07) is 13.9. The zero-order chi connectivity index (χ0) is 20.6. The maximum Gasteiger partial charge on any atom is 2.00 e. The van der Waals surface area contributed by atoms with Gasteiger partial charge in [0.2, 0.25) is 0 Å². The fourth-order valence-corrected chi connectivity index (χ4v) is 13.9. The Morgan fingerprint density at radius 1 is 0.519 bits per heavy atom. The van der Waals surface area contributed by atoms with E-state index in [0.29, 0.717) is 0 Å². The first-order valence-corrected chi connectivity index (χ1v) is 24.0. The molecule has 0 aromatic heterocycles. The molecule has 0 fully saturated rings. The molecule has 0 nitrogen and oxygen atoms in total. The van der Waals surface area contributed by atoms with E-state index in [-0.39, 0.29) is 31.1 Å². The molecule has 0 amide bonds. The first kappa shape index (κ1) is 27.6. The van der Waals surface area contributed by atoms with Crippen molar-refractivity contribution < 1.29 is 31.1 Å². The number of hydrogen-bond donors (Lipinski definition) is 0. The SMILES string of the molecule is C[Si](C)(C)c1ccc[c-]1[Si](C)(C)C.C[Si](C)(C)c1ccc[c-]1[Si](C)(C)C.[U+2]. The van der Waals surface area contributed by atoms with Gasteiger partial charge in [-0.05, 0) is 0 Å². The summed E-state index contributed by atoms with van der Waals surface area (Å²) in [7, 11) is -4.40. The van der Waals surface area contributed by atoms with Crippen molar-refractivity contribution in [3.05, 3.63) is 36.4 Å². The summed E-state index contributed by atoms with van der Waals surface area (Å²) in [5.41, 5.74) is 0.